The van der Waals surface area contributed by atoms with Crippen molar-refractivity contribution in [1.82, 2.24) is 15.1 Å². The highest BCUT2D eigenvalue weighted by Gasteiger charge is 2.24. The van der Waals surface area contributed by atoms with Crippen LogP contribution in [-0.4, -0.2) is 47.2 Å². The lowest BCUT2D eigenvalue weighted by atomic mass is 10.1. The minimum Gasteiger partial charge on any atom is -0.352 e. The summed E-state index contributed by atoms with van der Waals surface area (Å²) in [5, 5.41) is 9.86. The minimum absolute atomic E-state index is 0.0554. The summed E-state index contributed by atoms with van der Waals surface area (Å²) in [7, 11) is 0. The quantitative estimate of drug-likeness (QED) is 0.506. The molecule has 4 rings (SSSR count). The van der Waals surface area contributed by atoms with E-state index in [1.165, 1.54) is 0 Å². The van der Waals surface area contributed by atoms with E-state index in [1.54, 1.807) is 12.1 Å². The van der Waals surface area contributed by atoms with Gasteiger partial charge in [-0.1, -0.05) is 51.3 Å². The van der Waals surface area contributed by atoms with Crippen LogP contribution in [0, 0.1) is 0 Å². The molecule has 1 aliphatic rings. The molecule has 0 spiro atoms. The molecule has 1 aromatic heterocycles. The van der Waals surface area contributed by atoms with E-state index in [9.17, 15) is 4.79 Å². The van der Waals surface area contributed by atoms with Crippen LogP contribution in [0.25, 0.3) is 11.3 Å². The van der Waals surface area contributed by atoms with Crippen LogP contribution in [0.2, 0.25) is 10.0 Å². The first-order valence-electron chi connectivity index (χ1n) is 9.10. The van der Waals surface area contributed by atoms with Crippen LogP contribution in [0.3, 0.4) is 0 Å². The first-order chi connectivity index (χ1) is 14.0. The standard InChI is InChI=1S/C21H17BrCl2N4O/c22-15-3-6-18(24)17(13-15)21(29)28-11-9-27(10-12-28)20-8-7-19(25-26-20)14-1-4-16(23)5-2-14/h1-8,13H,9-12H2. The van der Waals surface area contributed by atoms with E-state index in [4.69, 9.17) is 23.2 Å². The molecule has 1 amide bonds. The van der Waals surface area contributed by atoms with Gasteiger partial charge in [-0.15, -0.1) is 10.2 Å². The summed E-state index contributed by atoms with van der Waals surface area (Å²) in [6.07, 6.45) is 0. The summed E-state index contributed by atoms with van der Waals surface area (Å²) in [4.78, 5) is 16.8. The van der Waals surface area contributed by atoms with Gasteiger partial charge in [0.05, 0.1) is 16.3 Å². The lowest BCUT2D eigenvalue weighted by Gasteiger charge is -2.35. The summed E-state index contributed by atoms with van der Waals surface area (Å²) < 4.78 is 0.833. The fourth-order valence-electron chi connectivity index (χ4n) is 3.24. The Morgan fingerprint density at radius 2 is 1.62 bits per heavy atom. The summed E-state index contributed by atoms with van der Waals surface area (Å²) in [5.74, 6) is 0.746. The molecule has 0 radical (unpaired) electrons. The number of hydrogen-bond acceptors (Lipinski definition) is 4. The van der Waals surface area contributed by atoms with Crippen molar-refractivity contribution >= 4 is 50.9 Å². The number of aromatic nitrogens is 2. The fourth-order valence-corrected chi connectivity index (χ4v) is 3.92. The highest BCUT2D eigenvalue weighted by molar-refractivity contribution is 9.10. The first kappa shape index (κ1) is 20.1. The van der Waals surface area contributed by atoms with Crippen molar-refractivity contribution in [3.63, 3.8) is 0 Å². The molecule has 0 bridgehead atoms. The van der Waals surface area contributed by atoms with Crippen LogP contribution in [0.1, 0.15) is 10.4 Å². The summed E-state index contributed by atoms with van der Waals surface area (Å²) in [6, 6.07) is 16.7. The third kappa shape index (κ3) is 4.55. The van der Waals surface area contributed by atoms with Crippen LogP contribution < -0.4 is 4.90 Å². The molecular formula is C21H17BrCl2N4O. The Hall–Kier alpha value is -2.15. The molecule has 0 aliphatic carbocycles. The highest BCUT2D eigenvalue weighted by Crippen LogP contribution is 2.24. The number of halogens is 3. The maximum absolute atomic E-state index is 12.8. The second kappa shape index (κ2) is 8.69. The number of hydrogen-bond donors (Lipinski definition) is 0. The minimum atomic E-state index is -0.0554. The predicted molar refractivity (Wildman–Crippen MR) is 120 cm³/mol. The summed E-state index contributed by atoms with van der Waals surface area (Å²) >= 11 is 15.5. The molecule has 2 heterocycles. The Bertz CT molecular complexity index is 1020. The van der Waals surface area contributed by atoms with E-state index in [1.807, 2.05) is 47.4 Å². The second-order valence-corrected chi connectivity index (χ2v) is 8.45. The Morgan fingerprint density at radius 1 is 0.897 bits per heavy atom. The Morgan fingerprint density at radius 3 is 2.28 bits per heavy atom. The number of anilines is 1. The molecular weight excluding hydrogens is 475 g/mol. The van der Waals surface area contributed by atoms with Gasteiger partial charge >= 0.3 is 0 Å². The SMILES string of the molecule is O=C(c1cc(Br)ccc1Cl)N1CCN(c2ccc(-c3ccc(Cl)cc3)nn2)CC1. The van der Waals surface area contributed by atoms with Crippen molar-refractivity contribution in [2.75, 3.05) is 31.1 Å². The summed E-state index contributed by atoms with van der Waals surface area (Å²) in [5.41, 5.74) is 2.28. The van der Waals surface area contributed by atoms with E-state index in [2.05, 4.69) is 31.0 Å². The molecule has 1 aliphatic heterocycles. The monoisotopic (exact) mass is 490 g/mol. The molecule has 0 atom stereocenters. The van der Waals surface area contributed by atoms with Gasteiger partial charge < -0.3 is 9.80 Å². The average Bonchev–Trinajstić information content (AvgIpc) is 2.76. The third-order valence-corrected chi connectivity index (χ3v) is 5.91. The van der Waals surface area contributed by atoms with Crippen molar-refractivity contribution in [1.29, 1.82) is 0 Å². The van der Waals surface area contributed by atoms with Gasteiger partial charge in [-0.2, -0.15) is 0 Å². The van der Waals surface area contributed by atoms with Gasteiger partial charge in [-0.25, -0.2) is 0 Å². The Balaban J connectivity index is 1.41. The number of carbonyl (C=O) groups is 1. The molecule has 29 heavy (non-hydrogen) atoms. The second-order valence-electron chi connectivity index (χ2n) is 6.69. The van der Waals surface area contributed by atoms with Crippen LogP contribution in [-0.2, 0) is 0 Å². The lowest BCUT2D eigenvalue weighted by Crippen LogP contribution is -2.49. The van der Waals surface area contributed by atoms with Gasteiger partial charge in [-0.3, -0.25) is 4.79 Å². The number of nitrogens with zero attached hydrogens (tertiary/aromatic N) is 4. The van der Waals surface area contributed by atoms with Crippen molar-refractivity contribution in [2.24, 2.45) is 0 Å². The third-order valence-electron chi connectivity index (χ3n) is 4.84. The number of carbonyl (C=O) groups excluding carboxylic acids is 1. The van der Waals surface area contributed by atoms with Crippen LogP contribution in [0.5, 0.6) is 0 Å². The van der Waals surface area contributed by atoms with Gasteiger partial charge in [0.25, 0.3) is 5.91 Å². The fraction of sp³-hybridized carbons (Fsp3) is 0.190. The van der Waals surface area contributed by atoms with Gasteiger partial charge in [-0.05, 0) is 42.5 Å². The van der Waals surface area contributed by atoms with E-state index in [0.717, 1.165) is 21.5 Å². The predicted octanol–water partition coefficient (Wildman–Crippen LogP) is 5.18. The van der Waals surface area contributed by atoms with E-state index >= 15 is 0 Å². The van der Waals surface area contributed by atoms with Crippen molar-refractivity contribution in [3.8, 4) is 11.3 Å². The maximum atomic E-state index is 12.8. The molecule has 148 valence electrons. The number of rotatable bonds is 3. The zero-order valence-corrected chi connectivity index (χ0v) is 18.5. The largest absolute Gasteiger partial charge is 0.352 e. The zero-order valence-electron chi connectivity index (χ0n) is 15.4. The average molecular weight is 492 g/mol. The summed E-state index contributed by atoms with van der Waals surface area (Å²) in [6.45, 7) is 2.57. The number of piperazine rings is 1. The van der Waals surface area contributed by atoms with Gasteiger partial charge in [0, 0.05) is 41.2 Å². The lowest BCUT2D eigenvalue weighted by molar-refractivity contribution is 0.0746. The Kier molecular flexibility index (Phi) is 6.04. The van der Waals surface area contributed by atoms with Crippen LogP contribution >= 0.6 is 39.1 Å². The highest BCUT2D eigenvalue weighted by atomic mass is 79.9. The van der Waals surface area contributed by atoms with Crippen molar-refractivity contribution < 1.29 is 4.79 Å². The maximum Gasteiger partial charge on any atom is 0.255 e. The van der Waals surface area contributed by atoms with Crippen LogP contribution in [0.15, 0.2) is 59.1 Å². The van der Waals surface area contributed by atoms with Gasteiger partial charge in [0.2, 0.25) is 0 Å². The van der Waals surface area contributed by atoms with Crippen LogP contribution in [0.4, 0.5) is 5.82 Å². The van der Waals surface area contributed by atoms with Crippen molar-refractivity contribution in [2.45, 2.75) is 0 Å². The molecule has 5 nitrogen and oxygen atoms in total. The normalized spacial score (nSPS) is 14.2. The number of amides is 1. The molecule has 1 saturated heterocycles. The first-order valence-corrected chi connectivity index (χ1v) is 10.6. The molecule has 0 unspecified atom stereocenters. The van der Waals surface area contributed by atoms with E-state index < -0.39 is 0 Å². The van der Waals surface area contributed by atoms with E-state index in [-0.39, 0.29) is 5.91 Å². The molecule has 0 saturated carbocycles. The molecule has 0 N–H and O–H groups in total. The molecule has 1 fully saturated rings. The smallest absolute Gasteiger partial charge is 0.255 e. The topological polar surface area (TPSA) is 49.3 Å². The Labute approximate surface area is 187 Å². The molecule has 2 aromatic carbocycles. The molecule has 8 heteroatoms. The zero-order chi connectivity index (χ0) is 20.4. The van der Waals surface area contributed by atoms with E-state index in [0.29, 0.717) is 41.8 Å². The number of benzene rings is 2. The van der Waals surface area contributed by atoms with Gasteiger partial charge in [0.1, 0.15) is 0 Å². The van der Waals surface area contributed by atoms with Crippen molar-refractivity contribution in [3.05, 3.63) is 74.7 Å². The van der Waals surface area contributed by atoms with Gasteiger partial charge in [0.15, 0.2) is 5.82 Å². The molecule has 3 aromatic rings.